The summed E-state index contributed by atoms with van der Waals surface area (Å²) in [7, 11) is 0. The number of halogens is 3. The molecule has 0 saturated heterocycles. The molecular formula is C10H15F3O. The molecule has 4 heteroatoms. The maximum Gasteiger partial charge on any atom is 0.389 e. The van der Waals surface area contributed by atoms with Crippen molar-refractivity contribution in [1.29, 1.82) is 0 Å². The van der Waals surface area contributed by atoms with E-state index in [1.807, 2.05) is 0 Å². The molecule has 0 aliphatic carbocycles. The van der Waals surface area contributed by atoms with E-state index in [9.17, 15) is 18.0 Å². The van der Waals surface area contributed by atoms with Gasteiger partial charge in [0.05, 0.1) is 0 Å². The second-order valence-corrected chi connectivity index (χ2v) is 3.46. The molecule has 0 unspecified atom stereocenters. The normalized spacial score (nSPS) is 16.0. The van der Waals surface area contributed by atoms with E-state index in [0.717, 1.165) is 0 Å². The first-order valence-corrected chi connectivity index (χ1v) is 4.53. The Balaban J connectivity index is 4.02. The van der Waals surface area contributed by atoms with Gasteiger partial charge in [0.2, 0.25) is 0 Å². The van der Waals surface area contributed by atoms with Crippen LogP contribution in [0, 0.1) is 11.8 Å². The molecule has 0 fully saturated rings. The Morgan fingerprint density at radius 1 is 1.43 bits per heavy atom. The highest BCUT2D eigenvalue weighted by Crippen LogP contribution is 2.27. The van der Waals surface area contributed by atoms with Crippen LogP contribution in [0.15, 0.2) is 12.7 Å². The number of carbonyl (C=O) groups is 1. The molecule has 0 N–H and O–H groups in total. The number of hydrogen-bond acceptors (Lipinski definition) is 1. The molecule has 0 saturated carbocycles. The molecular weight excluding hydrogens is 193 g/mol. The van der Waals surface area contributed by atoms with Crippen molar-refractivity contribution in [2.24, 2.45) is 11.8 Å². The smallest absolute Gasteiger partial charge is 0.303 e. The van der Waals surface area contributed by atoms with Crippen molar-refractivity contribution in [3.63, 3.8) is 0 Å². The molecule has 0 aromatic heterocycles. The van der Waals surface area contributed by atoms with Crippen molar-refractivity contribution in [2.45, 2.75) is 32.4 Å². The number of alkyl halides is 3. The zero-order valence-corrected chi connectivity index (χ0v) is 8.18. The summed E-state index contributed by atoms with van der Waals surface area (Å²) >= 11 is 0. The van der Waals surface area contributed by atoms with E-state index in [4.69, 9.17) is 0 Å². The molecule has 0 aromatic carbocycles. The number of hydrogen-bond donors (Lipinski definition) is 0. The minimum Gasteiger partial charge on any atom is -0.303 e. The Kier molecular flexibility index (Phi) is 5.50. The molecule has 0 aliphatic heterocycles. The largest absolute Gasteiger partial charge is 0.389 e. The monoisotopic (exact) mass is 208 g/mol. The lowest BCUT2D eigenvalue weighted by Crippen LogP contribution is -2.17. The molecule has 0 amide bonds. The molecule has 14 heavy (non-hydrogen) atoms. The Morgan fingerprint density at radius 2 is 2.00 bits per heavy atom. The topological polar surface area (TPSA) is 17.1 Å². The van der Waals surface area contributed by atoms with Crippen molar-refractivity contribution >= 4 is 6.29 Å². The number of rotatable bonds is 6. The Bertz CT molecular complexity index is 186. The van der Waals surface area contributed by atoms with Gasteiger partial charge >= 0.3 is 6.18 Å². The van der Waals surface area contributed by atoms with Crippen LogP contribution >= 0.6 is 0 Å². The van der Waals surface area contributed by atoms with Gasteiger partial charge in [-0.2, -0.15) is 13.2 Å². The summed E-state index contributed by atoms with van der Waals surface area (Å²) in [5.41, 5.74) is 0. The third-order valence-corrected chi connectivity index (χ3v) is 2.21. The van der Waals surface area contributed by atoms with Gasteiger partial charge in [-0.3, -0.25) is 0 Å². The predicted molar refractivity (Wildman–Crippen MR) is 48.8 cm³/mol. The van der Waals surface area contributed by atoms with E-state index in [2.05, 4.69) is 6.58 Å². The molecule has 0 radical (unpaired) electrons. The summed E-state index contributed by atoms with van der Waals surface area (Å²) in [6, 6.07) is 0. The summed E-state index contributed by atoms with van der Waals surface area (Å²) < 4.78 is 35.6. The van der Waals surface area contributed by atoms with Crippen molar-refractivity contribution < 1.29 is 18.0 Å². The van der Waals surface area contributed by atoms with Crippen molar-refractivity contribution in [1.82, 2.24) is 0 Å². The van der Waals surface area contributed by atoms with E-state index in [1.165, 1.54) is 0 Å². The van der Waals surface area contributed by atoms with E-state index in [0.29, 0.717) is 12.7 Å². The maximum absolute atomic E-state index is 11.9. The lowest BCUT2D eigenvalue weighted by molar-refractivity contribution is -0.139. The van der Waals surface area contributed by atoms with Crippen LogP contribution in [0.3, 0.4) is 0 Å². The second kappa shape index (κ2) is 5.83. The van der Waals surface area contributed by atoms with Crippen LogP contribution in [-0.4, -0.2) is 12.5 Å². The molecule has 0 rings (SSSR count). The molecule has 0 spiro atoms. The van der Waals surface area contributed by atoms with Crippen LogP contribution in [0.2, 0.25) is 0 Å². The first-order valence-electron chi connectivity index (χ1n) is 4.53. The molecule has 0 bridgehead atoms. The summed E-state index contributed by atoms with van der Waals surface area (Å²) in [6.45, 7) is 5.25. The lowest BCUT2D eigenvalue weighted by atomic mass is 9.88. The van der Waals surface area contributed by atoms with Crippen molar-refractivity contribution in [3.05, 3.63) is 12.7 Å². The van der Waals surface area contributed by atoms with Gasteiger partial charge in [-0.15, -0.1) is 6.58 Å². The summed E-state index contributed by atoms with van der Waals surface area (Å²) in [4.78, 5) is 10.5. The maximum atomic E-state index is 11.9. The molecule has 0 aromatic rings. The lowest BCUT2D eigenvalue weighted by Gasteiger charge is -2.17. The number of allylic oxidation sites excluding steroid dienone is 1. The average Bonchev–Trinajstić information content (AvgIpc) is 2.03. The molecule has 0 heterocycles. The summed E-state index contributed by atoms with van der Waals surface area (Å²) in [5.74, 6) is -0.582. The van der Waals surface area contributed by atoms with E-state index in [-0.39, 0.29) is 12.3 Å². The second-order valence-electron chi connectivity index (χ2n) is 3.46. The van der Waals surface area contributed by atoms with Gasteiger partial charge in [-0.1, -0.05) is 13.0 Å². The Morgan fingerprint density at radius 3 is 2.36 bits per heavy atom. The average molecular weight is 208 g/mol. The molecule has 1 nitrogen and oxygen atoms in total. The highest BCUT2D eigenvalue weighted by Gasteiger charge is 2.29. The highest BCUT2D eigenvalue weighted by atomic mass is 19.4. The Hall–Kier alpha value is -0.800. The highest BCUT2D eigenvalue weighted by molar-refractivity contribution is 5.53. The molecule has 82 valence electrons. The van der Waals surface area contributed by atoms with Crippen LogP contribution in [0.4, 0.5) is 13.2 Å². The standard InChI is InChI=1S/C10H15F3O/c1-3-4-8(2)9(7-14)5-6-10(11,12)13/h3,7-9H,1,4-6H2,2H3/t8-,9+/m1/s1. The first kappa shape index (κ1) is 13.2. The summed E-state index contributed by atoms with van der Waals surface area (Å²) in [5, 5.41) is 0. The SMILES string of the molecule is C=CC[C@@H](C)[C@H](C=O)CCC(F)(F)F. The third kappa shape index (κ3) is 5.78. The fraction of sp³-hybridized carbons (Fsp3) is 0.700. The van der Waals surface area contributed by atoms with Gasteiger partial charge in [-0.05, 0) is 18.8 Å². The van der Waals surface area contributed by atoms with Gasteiger partial charge in [-0.25, -0.2) is 0 Å². The van der Waals surface area contributed by atoms with Crippen LogP contribution in [0.1, 0.15) is 26.2 Å². The third-order valence-electron chi connectivity index (χ3n) is 2.21. The number of aldehydes is 1. The van der Waals surface area contributed by atoms with Gasteiger partial charge in [0.1, 0.15) is 6.29 Å². The molecule has 2 atom stereocenters. The van der Waals surface area contributed by atoms with Crippen LogP contribution < -0.4 is 0 Å². The fourth-order valence-electron chi connectivity index (χ4n) is 1.25. The quantitative estimate of drug-likeness (QED) is 0.483. The van der Waals surface area contributed by atoms with Gasteiger partial charge in [0, 0.05) is 12.3 Å². The predicted octanol–water partition coefficient (Wildman–Crippen LogP) is 3.36. The van der Waals surface area contributed by atoms with Crippen molar-refractivity contribution in [2.75, 3.05) is 0 Å². The van der Waals surface area contributed by atoms with E-state index in [1.54, 1.807) is 13.0 Å². The van der Waals surface area contributed by atoms with E-state index >= 15 is 0 Å². The Labute approximate surface area is 82.0 Å². The molecule has 0 aliphatic rings. The van der Waals surface area contributed by atoms with Crippen molar-refractivity contribution in [3.8, 4) is 0 Å². The number of carbonyl (C=O) groups excluding carboxylic acids is 1. The first-order chi connectivity index (χ1) is 6.40. The zero-order chi connectivity index (χ0) is 11.2. The van der Waals surface area contributed by atoms with Gasteiger partial charge < -0.3 is 4.79 Å². The van der Waals surface area contributed by atoms with Gasteiger partial charge in [0.15, 0.2) is 0 Å². The van der Waals surface area contributed by atoms with Crippen LogP contribution in [0.5, 0.6) is 0 Å². The fourth-order valence-corrected chi connectivity index (χ4v) is 1.25. The zero-order valence-electron chi connectivity index (χ0n) is 8.18. The van der Waals surface area contributed by atoms with Crippen LogP contribution in [0.25, 0.3) is 0 Å². The van der Waals surface area contributed by atoms with Gasteiger partial charge in [0.25, 0.3) is 0 Å². The van der Waals surface area contributed by atoms with E-state index < -0.39 is 18.5 Å². The minimum absolute atomic E-state index is 0.0626. The minimum atomic E-state index is -4.17. The van der Waals surface area contributed by atoms with Crippen LogP contribution in [-0.2, 0) is 4.79 Å². The summed E-state index contributed by atoms with van der Waals surface area (Å²) in [6.07, 6.45) is -2.38.